The highest BCUT2D eigenvalue weighted by atomic mass is 16.3. The van der Waals surface area contributed by atoms with Gasteiger partial charge in [-0.15, -0.1) is 0 Å². The normalized spacial score (nSPS) is 11.6. The van der Waals surface area contributed by atoms with E-state index in [1.54, 1.807) is 31.3 Å². The van der Waals surface area contributed by atoms with Crippen LogP contribution in [0, 0.1) is 0 Å². The van der Waals surface area contributed by atoms with Crippen LogP contribution in [0.1, 0.15) is 23.6 Å². The van der Waals surface area contributed by atoms with Gasteiger partial charge < -0.3 is 5.11 Å². The van der Waals surface area contributed by atoms with Crippen LogP contribution in [0.3, 0.4) is 0 Å². The van der Waals surface area contributed by atoms with Gasteiger partial charge in [-0.05, 0) is 30.2 Å². The summed E-state index contributed by atoms with van der Waals surface area (Å²) in [7, 11) is 0. The van der Waals surface area contributed by atoms with Crippen molar-refractivity contribution in [2.75, 3.05) is 0 Å². The van der Waals surface area contributed by atoms with Crippen molar-refractivity contribution in [3.05, 3.63) is 102 Å². The van der Waals surface area contributed by atoms with Crippen LogP contribution in [0.2, 0.25) is 0 Å². The molecule has 25 heavy (non-hydrogen) atoms. The third-order valence-electron chi connectivity index (χ3n) is 4.23. The van der Waals surface area contributed by atoms with E-state index >= 15 is 0 Å². The molecule has 0 saturated carbocycles. The number of aliphatic imine (C=N–C) groups is 1. The number of hydrogen-bond acceptors (Lipinski definition) is 3. The number of carbonyl (C=O) groups excluding carboxylic acids is 1. The lowest BCUT2D eigenvalue weighted by molar-refractivity contribution is -0.120. The molecular weight excluding hydrogens is 310 g/mol. The van der Waals surface area contributed by atoms with Crippen LogP contribution >= 0.6 is 0 Å². The van der Waals surface area contributed by atoms with Crippen molar-refractivity contribution in [1.29, 1.82) is 0 Å². The van der Waals surface area contributed by atoms with E-state index in [2.05, 4.69) is 0 Å². The van der Waals surface area contributed by atoms with Gasteiger partial charge in [0, 0.05) is 11.8 Å². The Bertz CT molecular complexity index is 847. The van der Waals surface area contributed by atoms with E-state index in [0.29, 0.717) is 5.56 Å². The van der Waals surface area contributed by atoms with Gasteiger partial charge in [0.05, 0.1) is 0 Å². The second-order valence-electron chi connectivity index (χ2n) is 5.82. The maximum absolute atomic E-state index is 12.8. The van der Waals surface area contributed by atoms with Crippen LogP contribution in [0.15, 0.2) is 89.9 Å². The molecule has 124 valence electrons. The molecule has 0 aliphatic carbocycles. The molecule has 0 aliphatic heterocycles. The summed E-state index contributed by atoms with van der Waals surface area (Å²) < 4.78 is 0. The molecule has 0 heterocycles. The molecule has 0 unspecified atom stereocenters. The number of benzene rings is 3. The second kappa shape index (κ2) is 7.14. The molecule has 0 aliphatic rings. The zero-order chi connectivity index (χ0) is 17.7. The van der Waals surface area contributed by atoms with E-state index in [-0.39, 0.29) is 11.5 Å². The van der Waals surface area contributed by atoms with Gasteiger partial charge in [0.2, 0.25) is 0 Å². The number of phenolic OH excluding ortho intramolecular Hbond substituents is 1. The molecule has 0 atom stereocenters. The first-order valence-corrected chi connectivity index (χ1v) is 8.10. The molecule has 0 bridgehead atoms. The Morgan fingerprint density at radius 2 is 1.32 bits per heavy atom. The van der Waals surface area contributed by atoms with E-state index in [9.17, 15) is 9.90 Å². The van der Waals surface area contributed by atoms with Gasteiger partial charge >= 0.3 is 0 Å². The summed E-state index contributed by atoms with van der Waals surface area (Å²) in [6, 6.07) is 25.9. The number of carbonyl (C=O) groups is 1. The van der Waals surface area contributed by atoms with Crippen LogP contribution in [-0.4, -0.2) is 17.1 Å². The smallest absolute Gasteiger partial charge is 0.168 e. The highest BCUT2D eigenvalue weighted by molar-refractivity contribution is 5.95. The van der Waals surface area contributed by atoms with Crippen LogP contribution in [0.5, 0.6) is 5.75 Å². The second-order valence-corrected chi connectivity index (χ2v) is 5.82. The Morgan fingerprint density at radius 1 is 0.840 bits per heavy atom. The van der Waals surface area contributed by atoms with Crippen molar-refractivity contribution in [2.24, 2.45) is 4.99 Å². The zero-order valence-corrected chi connectivity index (χ0v) is 14.0. The van der Waals surface area contributed by atoms with Crippen LogP contribution in [0.4, 0.5) is 0 Å². The molecule has 3 nitrogen and oxygen atoms in total. The number of rotatable bonds is 5. The largest absolute Gasteiger partial charge is 0.507 e. The third-order valence-corrected chi connectivity index (χ3v) is 4.23. The average molecular weight is 329 g/mol. The number of phenols is 1. The number of aromatic hydroxyl groups is 1. The monoisotopic (exact) mass is 329 g/mol. The summed E-state index contributed by atoms with van der Waals surface area (Å²) >= 11 is 0. The highest BCUT2D eigenvalue weighted by Gasteiger charge is 2.38. The number of para-hydroxylation sites is 1. The van der Waals surface area contributed by atoms with Crippen molar-refractivity contribution in [1.82, 2.24) is 0 Å². The van der Waals surface area contributed by atoms with Crippen molar-refractivity contribution >= 4 is 12.0 Å². The molecule has 3 aromatic rings. The summed E-state index contributed by atoms with van der Waals surface area (Å²) in [5.41, 5.74) is 1.01. The maximum Gasteiger partial charge on any atom is 0.168 e. The van der Waals surface area contributed by atoms with Gasteiger partial charge in [-0.25, -0.2) is 0 Å². The summed E-state index contributed by atoms with van der Waals surface area (Å²) in [5, 5.41) is 10.0. The number of nitrogens with zero attached hydrogens (tertiary/aromatic N) is 1. The minimum Gasteiger partial charge on any atom is -0.507 e. The van der Waals surface area contributed by atoms with Gasteiger partial charge in [0.15, 0.2) is 11.3 Å². The Morgan fingerprint density at radius 3 is 1.80 bits per heavy atom. The first-order chi connectivity index (χ1) is 12.1. The van der Waals surface area contributed by atoms with Gasteiger partial charge in [-0.3, -0.25) is 9.79 Å². The highest BCUT2D eigenvalue weighted by Crippen LogP contribution is 2.35. The lowest BCUT2D eigenvalue weighted by atomic mass is 9.80. The first-order valence-electron chi connectivity index (χ1n) is 8.10. The molecule has 3 rings (SSSR count). The van der Waals surface area contributed by atoms with E-state index in [1.165, 1.54) is 0 Å². The third kappa shape index (κ3) is 3.22. The molecule has 3 aromatic carbocycles. The number of Topliss-reactive ketones (excluding diaryl/α,β-unsaturated/α-hetero) is 1. The van der Waals surface area contributed by atoms with Crippen molar-refractivity contribution in [3.63, 3.8) is 0 Å². The quantitative estimate of drug-likeness (QED) is 0.708. The summed E-state index contributed by atoms with van der Waals surface area (Å²) in [4.78, 5) is 17.5. The van der Waals surface area contributed by atoms with E-state index < -0.39 is 5.54 Å². The predicted molar refractivity (Wildman–Crippen MR) is 100 cm³/mol. The Balaban J connectivity index is 2.22. The van der Waals surface area contributed by atoms with E-state index in [4.69, 9.17) is 4.99 Å². The molecule has 0 aromatic heterocycles. The summed E-state index contributed by atoms with van der Waals surface area (Å²) in [6.45, 7) is 1.54. The molecule has 0 spiro atoms. The van der Waals surface area contributed by atoms with Gasteiger partial charge in [-0.1, -0.05) is 72.8 Å². The standard InChI is InChI=1S/C22H19NO2/c1-17(24)22(19-11-4-2-5-12-19,20-13-6-3-7-14-20)23-16-18-10-8-9-15-21(18)25/h2-16,25H,1H3. The number of hydrogen-bond donors (Lipinski definition) is 1. The maximum atomic E-state index is 12.8. The fourth-order valence-electron chi connectivity index (χ4n) is 2.93. The topological polar surface area (TPSA) is 49.7 Å². The summed E-state index contributed by atoms with van der Waals surface area (Å²) in [6.07, 6.45) is 1.57. The summed E-state index contributed by atoms with van der Waals surface area (Å²) in [5.74, 6) is 0.0430. The van der Waals surface area contributed by atoms with Crippen LogP contribution in [-0.2, 0) is 10.3 Å². The first kappa shape index (κ1) is 16.7. The fraction of sp³-hybridized carbons (Fsp3) is 0.0909. The molecule has 0 fully saturated rings. The molecule has 0 saturated heterocycles. The molecular formula is C22H19NO2. The van der Waals surface area contributed by atoms with E-state index in [0.717, 1.165) is 11.1 Å². The molecule has 3 heteroatoms. The molecule has 1 N–H and O–H groups in total. The average Bonchev–Trinajstić information content (AvgIpc) is 2.65. The van der Waals surface area contributed by atoms with Gasteiger partial charge in [0.1, 0.15) is 5.75 Å². The number of ketones is 1. The Labute approximate surface area is 147 Å². The fourth-order valence-corrected chi connectivity index (χ4v) is 2.93. The predicted octanol–water partition coefficient (Wildman–Crippen LogP) is 4.34. The Hall–Kier alpha value is -3.20. The SMILES string of the molecule is CC(=O)C(N=Cc1ccccc1O)(c1ccccc1)c1ccccc1. The lowest BCUT2D eigenvalue weighted by Crippen LogP contribution is -2.33. The zero-order valence-electron chi connectivity index (χ0n) is 14.0. The minimum absolute atomic E-state index is 0.0865. The van der Waals surface area contributed by atoms with Crippen molar-refractivity contribution in [2.45, 2.75) is 12.5 Å². The van der Waals surface area contributed by atoms with Crippen LogP contribution in [0.25, 0.3) is 0 Å². The lowest BCUT2D eigenvalue weighted by Gasteiger charge is -2.28. The van der Waals surface area contributed by atoms with Crippen molar-refractivity contribution in [3.8, 4) is 5.75 Å². The van der Waals surface area contributed by atoms with Gasteiger partial charge in [0.25, 0.3) is 0 Å². The van der Waals surface area contributed by atoms with Crippen molar-refractivity contribution < 1.29 is 9.90 Å². The van der Waals surface area contributed by atoms with Crippen LogP contribution < -0.4 is 0 Å². The Kier molecular flexibility index (Phi) is 4.75. The van der Waals surface area contributed by atoms with Gasteiger partial charge in [-0.2, -0.15) is 0 Å². The minimum atomic E-state index is -1.15. The molecule has 0 radical (unpaired) electrons. The van der Waals surface area contributed by atoms with E-state index in [1.807, 2.05) is 66.7 Å². The molecule has 0 amide bonds.